The van der Waals surface area contributed by atoms with Crippen molar-refractivity contribution in [1.29, 1.82) is 0 Å². The lowest BCUT2D eigenvalue weighted by Gasteiger charge is -2.43. The summed E-state index contributed by atoms with van der Waals surface area (Å²) in [7, 11) is -2.68. The van der Waals surface area contributed by atoms with Gasteiger partial charge >= 0.3 is 16.3 Å². The summed E-state index contributed by atoms with van der Waals surface area (Å²) in [5.74, 6) is -4.02. The van der Waals surface area contributed by atoms with Gasteiger partial charge in [-0.15, -0.1) is 34.7 Å². The second kappa shape index (κ2) is 10.9. The van der Waals surface area contributed by atoms with Gasteiger partial charge in [-0.3, -0.25) is 23.7 Å². The molecule has 2 atom stereocenters. The number of halogens is 1. The number of amides is 3. The van der Waals surface area contributed by atoms with Gasteiger partial charge in [-0.2, -0.15) is 12.7 Å². The van der Waals surface area contributed by atoms with Crippen molar-refractivity contribution in [3.05, 3.63) is 11.1 Å². The van der Waals surface area contributed by atoms with Crippen LogP contribution < -0.4 is 10.6 Å². The molecule has 3 N–H and O–H groups in total. The van der Waals surface area contributed by atoms with E-state index in [-0.39, 0.29) is 32.5 Å². The highest BCUT2D eigenvalue weighted by atomic mass is 35.5. The molecule has 1 aliphatic rings. The number of hydrogen-bond donors (Lipinski definition) is 3. The van der Waals surface area contributed by atoms with E-state index in [1.54, 1.807) is 0 Å². The third kappa shape index (κ3) is 6.06. The van der Waals surface area contributed by atoms with E-state index in [1.807, 2.05) is 0 Å². The minimum atomic E-state index is -4.94. The van der Waals surface area contributed by atoms with Crippen molar-refractivity contribution in [3.63, 3.8) is 0 Å². The van der Waals surface area contributed by atoms with Gasteiger partial charge in [0.25, 0.3) is 11.8 Å². The second-order valence-electron chi connectivity index (χ2n) is 5.68. The Bertz CT molecular complexity index is 1040. The zero-order chi connectivity index (χ0) is 24.1. The number of nitrogens with zero attached hydrogens (tertiary/aromatic N) is 3. The molecular formula is C14H16ClN5O9S3. The first-order valence-corrected chi connectivity index (χ1v) is 12.1. The number of esters is 1. The van der Waals surface area contributed by atoms with E-state index >= 15 is 0 Å². The fraction of sp³-hybridized carbons (Fsp3) is 0.429. The maximum atomic E-state index is 12.7. The summed E-state index contributed by atoms with van der Waals surface area (Å²) in [6, 6.07) is -1.42. The van der Waals surface area contributed by atoms with E-state index in [2.05, 4.69) is 30.3 Å². The number of thiazole rings is 1. The highest BCUT2D eigenvalue weighted by Crippen LogP contribution is 2.32. The number of hydrogen-bond acceptors (Lipinski definition) is 12. The summed E-state index contributed by atoms with van der Waals surface area (Å²) in [6.45, 7) is 0. The van der Waals surface area contributed by atoms with E-state index in [1.165, 1.54) is 5.38 Å². The predicted molar refractivity (Wildman–Crippen MR) is 114 cm³/mol. The smallest absolute Gasteiger partial charge is 0.363 e. The first-order chi connectivity index (χ1) is 15.0. The molecule has 18 heteroatoms. The monoisotopic (exact) mass is 529 g/mol. The number of methoxy groups -OCH3 is 1. The molecule has 0 aliphatic carbocycles. The van der Waals surface area contributed by atoms with Gasteiger partial charge in [-0.25, -0.2) is 4.98 Å². The minimum absolute atomic E-state index is 0.0172. The maximum Gasteiger partial charge on any atom is 0.363 e. The molecule has 1 saturated heterocycles. The van der Waals surface area contributed by atoms with Crippen LogP contribution in [0.2, 0.25) is 0 Å². The van der Waals surface area contributed by atoms with Gasteiger partial charge in [-0.1, -0.05) is 5.16 Å². The molecule has 14 nitrogen and oxygen atoms in total. The first kappa shape index (κ1) is 25.8. The average molecular weight is 530 g/mol. The van der Waals surface area contributed by atoms with Crippen LogP contribution in [0.5, 0.6) is 0 Å². The zero-order valence-corrected chi connectivity index (χ0v) is 19.5. The molecule has 3 amide bonds. The molecule has 1 aromatic rings. The van der Waals surface area contributed by atoms with Gasteiger partial charge in [0.05, 0.1) is 12.9 Å². The molecule has 1 aromatic heterocycles. The van der Waals surface area contributed by atoms with Crippen LogP contribution in [0.4, 0.5) is 5.13 Å². The number of carbonyl (C=O) groups excluding carboxylic acids is 4. The summed E-state index contributed by atoms with van der Waals surface area (Å²) in [5, 5.41) is 8.39. The minimum Gasteiger partial charge on any atom is -0.468 e. The summed E-state index contributed by atoms with van der Waals surface area (Å²) in [4.78, 5) is 56.3. The highest BCUT2D eigenvalue weighted by Gasteiger charge is 2.54. The molecule has 0 radical (unpaired) electrons. The number of thioether (sulfide) groups is 1. The molecular weight excluding hydrogens is 514 g/mol. The maximum absolute atomic E-state index is 12.7. The number of aromatic nitrogens is 1. The Labute approximate surface area is 194 Å². The largest absolute Gasteiger partial charge is 0.468 e. The van der Waals surface area contributed by atoms with Gasteiger partial charge in [0.1, 0.15) is 30.1 Å². The number of β-lactam (4-membered cyclic amide) rings is 1. The zero-order valence-electron chi connectivity index (χ0n) is 16.3. The number of rotatable bonds is 10. The summed E-state index contributed by atoms with van der Waals surface area (Å²) < 4.78 is 36.8. The Kier molecular flexibility index (Phi) is 8.79. The Balaban J connectivity index is 2.21. The third-order valence-electron chi connectivity index (χ3n) is 3.65. The predicted octanol–water partition coefficient (Wildman–Crippen LogP) is -0.967. The molecule has 0 saturated carbocycles. The molecule has 0 aromatic carbocycles. The quantitative estimate of drug-likeness (QED) is 0.0842. The van der Waals surface area contributed by atoms with Crippen LogP contribution in [0.1, 0.15) is 5.69 Å². The van der Waals surface area contributed by atoms with Crippen molar-refractivity contribution in [2.45, 2.75) is 11.4 Å². The van der Waals surface area contributed by atoms with Crippen molar-refractivity contribution < 1.29 is 41.7 Å². The van der Waals surface area contributed by atoms with Gasteiger partial charge < -0.3 is 20.2 Å². The lowest BCUT2D eigenvalue weighted by Crippen LogP contribution is -2.71. The van der Waals surface area contributed by atoms with Crippen LogP contribution in [0.3, 0.4) is 0 Å². The van der Waals surface area contributed by atoms with Crippen molar-refractivity contribution >= 4 is 79.5 Å². The number of anilines is 1. The van der Waals surface area contributed by atoms with E-state index in [4.69, 9.17) is 11.6 Å². The van der Waals surface area contributed by atoms with Gasteiger partial charge in [0.15, 0.2) is 10.8 Å². The van der Waals surface area contributed by atoms with E-state index in [9.17, 15) is 32.1 Å². The van der Waals surface area contributed by atoms with Crippen molar-refractivity contribution in [2.75, 3.05) is 31.2 Å². The van der Waals surface area contributed by atoms with Crippen LogP contribution in [0, 0.1) is 0 Å². The fourth-order valence-electron chi connectivity index (χ4n) is 2.29. The lowest BCUT2D eigenvalue weighted by molar-refractivity contribution is -0.141. The summed E-state index contributed by atoms with van der Waals surface area (Å²) in [5.41, 5.74) is -0.402. The SMILES string of the molecule is CO/N=C(\C(=O)N[C@@H]1C(=O)N(S(=O)(=O)O)C1SCC(=O)OC)c1csc(NC(=O)CCl)n1. The van der Waals surface area contributed by atoms with Crippen LogP contribution in [-0.4, -0.2) is 88.9 Å². The number of alkyl halides is 1. The Hall–Kier alpha value is -2.47. The van der Waals surface area contributed by atoms with Gasteiger partial charge in [-0.05, 0) is 0 Å². The molecule has 1 aliphatic heterocycles. The lowest BCUT2D eigenvalue weighted by atomic mass is 10.1. The Morgan fingerprint density at radius 1 is 1.41 bits per heavy atom. The van der Waals surface area contributed by atoms with Crippen molar-refractivity contribution in [1.82, 2.24) is 14.6 Å². The van der Waals surface area contributed by atoms with Crippen LogP contribution in [-0.2, 0) is 39.1 Å². The summed E-state index contributed by atoms with van der Waals surface area (Å²) in [6.07, 6.45) is 0. The molecule has 176 valence electrons. The molecule has 0 spiro atoms. The second-order valence-corrected chi connectivity index (χ2v) is 9.20. The molecule has 1 unspecified atom stereocenters. The molecule has 2 rings (SSSR count). The topological polar surface area (TPSA) is 194 Å². The number of ether oxygens (including phenoxy) is 1. The number of oxime groups is 1. The Morgan fingerprint density at radius 2 is 2.09 bits per heavy atom. The molecule has 32 heavy (non-hydrogen) atoms. The standard InChI is InChI=1S/C14H16ClN5O9S3/c1-28-8(22)5-30-13-10(12(24)20(13)32(25,26)27)18-11(23)9(19-29-2)6-4-31-14(16-6)17-7(21)3-15/h4,10,13H,3,5H2,1-2H3,(H,18,23)(H,16,17,21)(H,25,26,27)/b19-9-/t10-,13?/m1/s1. The van der Waals surface area contributed by atoms with Crippen molar-refractivity contribution in [3.8, 4) is 0 Å². The normalized spacial score (nSPS) is 18.6. The van der Waals surface area contributed by atoms with E-state index in [0.29, 0.717) is 11.8 Å². The van der Waals surface area contributed by atoms with E-state index < -0.39 is 45.4 Å². The third-order valence-corrected chi connectivity index (χ3v) is 6.91. The van der Waals surface area contributed by atoms with Crippen molar-refractivity contribution in [2.24, 2.45) is 5.16 Å². The van der Waals surface area contributed by atoms with Gasteiger partial charge in [0.2, 0.25) is 5.91 Å². The molecule has 2 heterocycles. The fourth-order valence-corrected chi connectivity index (χ4v) is 5.34. The number of carbonyl (C=O) groups is 4. The van der Waals surface area contributed by atoms with Crippen LogP contribution in [0.15, 0.2) is 10.5 Å². The van der Waals surface area contributed by atoms with Crippen LogP contribution >= 0.6 is 34.7 Å². The Morgan fingerprint density at radius 3 is 2.66 bits per heavy atom. The van der Waals surface area contributed by atoms with E-state index in [0.717, 1.165) is 25.6 Å². The van der Waals surface area contributed by atoms with Gasteiger partial charge in [0, 0.05) is 5.38 Å². The number of nitrogens with one attached hydrogen (secondary N) is 2. The highest BCUT2D eigenvalue weighted by molar-refractivity contribution is 8.01. The molecule has 1 fully saturated rings. The average Bonchev–Trinajstić information content (AvgIpc) is 3.19. The van der Waals surface area contributed by atoms with Crippen LogP contribution in [0.25, 0.3) is 0 Å². The molecule has 0 bridgehead atoms. The first-order valence-electron chi connectivity index (χ1n) is 8.26. The summed E-state index contributed by atoms with van der Waals surface area (Å²) >= 11 is 7.02.